The number of anilines is 1. The maximum absolute atomic E-state index is 13.0. The van der Waals surface area contributed by atoms with Crippen LogP contribution in [0.25, 0.3) is 5.57 Å². The van der Waals surface area contributed by atoms with Crippen molar-refractivity contribution in [3.8, 4) is 5.75 Å². The number of aromatic nitrogens is 2. The zero-order valence-electron chi connectivity index (χ0n) is 18.0. The highest BCUT2D eigenvalue weighted by Crippen LogP contribution is 2.25. The molecule has 1 aliphatic rings. The van der Waals surface area contributed by atoms with E-state index in [4.69, 9.17) is 4.74 Å². The molecule has 0 saturated carbocycles. The van der Waals surface area contributed by atoms with Crippen LogP contribution in [0.2, 0.25) is 0 Å². The Hall–Kier alpha value is -3.87. The van der Waals surface area contributed by atoms with E-state index in [0.717, 1.165) is 17.7 Å². The van der Waals surface area contributed by atoms with Crippen molar-refractivity contribution >= 4 is 23.1 Å². The van der Waals surface area contributed by atoms with Crippen molar-refractivity contribution in [3.05, 3.63) is 84.5 Å². The molecular weight excluding hydrogens is 404 g/mol. The average molecular weight is 431 g/mol. The Morgan fingerprint density at radius 1 is 1.16 bits per heavy atom. The number of nitrogens with one attached hydrogen (secondary N) is 1. The van der Waals surface area contributed by atoms with Gasteiger partial charge in [-0.05, 0) is 47.9 Å². The van der Waals surface area contributed by atoms with Crippen LogP contribution < -0.4 is 10.1 Å². The largest absolute Gasteiger partial charge is 0.497 e. The lowest BCUT2D eigenvalue weighted by atomic mass is 9.99. The van der Waals surface area contributed by atoms with Crippen molar-refractivity contribution in [2.24, 2.45) is 0 Å². The standard InChI is InChI=1S/C25H26N4O3/c1-32-23-7-5-19(6-8-23)20-9-14-29(15-10-20)25(31)21-3-2-4-22(17-21)27-24(30)11-13-28-16-12-26-18-28/h2-9,12,16-18H,10-11,13-15H2,1H3,(H,27,30). The first-order chi connectivity index (χ1) is 15.6. The highest BCUT2D eigenvalue weighted by Gasteiger charge is 2.20. The molecule has 164 valence electrons. The molecule has 1 N–H and O–H groups in total. The monoisotopic (exact) mass is 430 g/mol. The van der Waals surface area contributed by atoms with Crippen LogP contribution in [0.1, 0.15) is 28.8 Å². The van der Waals surface area contributed by atoms with E-state index in [1.54, 1.807) is 43.9 Å². The third-order valence-electron chi connectivity index (χ3n) is 5.51. The molecule has 2 aromatic carbocycles. The lowest BCUT2D eigenvalue weighted by Gasteiger charge is -2.27. The van der Waals surface area contributed by atoms with Crippen LogP contribution in [0.3, 0.4) is 0 Å². The minimum atomic E-state index is -0.103. The molecule has 0 spiro atoms. The molecular formula is C25H26N4O3. The first-order valence-electron chi connectivity index (χ1n) is 10.6. The third-order valence-corrected chi connectivity index (χ3v) is 5.51. The number of imidazole rings is 1. The van der Waals surface area contributed by atoms with Crippen LogP contribution in [-0.2, 0) is 11.3 Å². The molecule has 0 fully saturated rings. The fraction of sp³-hybridized carbons (Fsp3) is 0.240. The number of rotatable bonds is 7. The first-order valence-corrected chi connectivity index (χ1v) is 10.6. The normalized spacial score (nSPS) is 13.4. The smallest absolute Gasteiger partial charge is 0.254 e. The van der Waals surface area contributed by atoms with E-state index in [2.05, 4.69) is 16.4 Å². The maximum atomic E-state index is 13.0. The second kappa shape index (κ2) is 9.96. The minimum Gasteiger partial charge on any atom is -0.497 e. The highest BCUT2D eigenvalue weighted by molar-refractivity contribution is 5.97. The van der Waals surface area contributed by atoms with Crippen LogP contribution in [0.5, 0.6) is 5.75 Å². The quantitative estimate of drug-likeness (QED) is 0.618. The number of methoxy groups -OCH3 is 1. The molecule has 0 unspecified atom stereocenters. The fourth-order valence-corrected chi connectivity index (χ4v) is 3.71. The number of nitrogens with zero attached hydrogens (tertiary/aromatic N) is 3. The summed E-state index contributed by atoms with van der Waals surface area (Å²) in [5.41, 5.74) is 3.57. The highest BCUT2D eigenvalue weighted by atomic mass is 16.5. The first kappa shape index (κ1) is 21.4. The SMILES string of the molecule is COc1ccc(C2=CCN(C(=O)c3cccc(NC(=O)CCn4ccnc4)c3)CC2)cc1. The number of hydrogen-bond donors (Lipinski definition) is 1. The van der Waals surface area contributed by atoms with Crippen molar-refractivity contribution in [1.29, 1.82) is 0 Å². The van der Waals surface area contributed by atoms with Gasteiger partial charge in [0.1, 0.15) is 5.75 Å². The Labute approximate surface area is 187 Å². The molecule has 32 heavy (non-hydrogen) atoms. The van der Waals surface area contributed by atoms with Gasteiger partial charge in [0, 0.05) is 49.7 Å². The molecule has 0 atom stereocenters. The van der Waals surface area contributed by atoms with E-state index in [-0.39, 0.29) is 11.8 Å². The molecule has 2 amide bonds. The summed E-state index contributed by atoms with van der Waals surface area (Å²) < 4.78 is 7.07. The Kier molecular flexibility index (Phi) is 6.65. The third kappa shape index (κ3) is 5.24. The minimum absolute atomic E-state index is 0.0375. The molecule has 0 aliphatic carbocycles. The van der Waals surface area contributed by atoms with Gasteiger partial charge in [-0.1, -0.05) is 24.3 Å². The van der Waals surface area contributed by atoms with Gasteiger partial charge in [-0.2, -0.15) is 0 Å². The Morgan fingerprint density at radius 3 is 2.69 bits per heavy atom. The van der Waals surface area contributed by atoms with Crippen LogP contribution in [0.4, 0.5) is 5.69 Å². The number of carbonyl (C=O) groups is 2. The summed E-state index contributed by atoms with van der Waals surface area (Å²) in [6, 6.07) is 15.1. The summed E-state index contributed by atoms with van der Waals surface area (Å²) in [5, 5.41) is 2.87. The number of benzene rings is 2. The lowest BCUT2D eigenvalue weighted by molar-refractivity contribution is -0.116. The van der Waals surface area contributed by atoms with E-state index in [1.165, 1.54) is 5.57 Å². The van der Waals surface area contributed by atoms with Crippen LogP contribution in [-0.4, -0.2) is 46.5 Å². The van der Waals surface area contributed by atoms with Gasteiger partial charge in [0.25, 0.3) is 5.91 Å². The molecule has 0 saturated heterocycles. The van der Waals surface area contributed by atoms with E-state index < -0.39 is 0 Å². The van der Waals surface area contributed by atoms with Gasteiger partial charge in [-0.3, -0.25) is 9.59 Å². The summed E-state index contributed by atoms with van der Waals surface area (Å²) in [6.45, 7) is 1.76. The van der Waals surface area contributed by atoms with Crippen molar-refractivity contribution in [3.63, 3.8) is 0 Å². The maximum Gasteiger partial charge on any atom is 0.254 e. The number of hydrogen-bond acceptors (Lipinski definition) is 4. The second-order valence-corrected chi connectivity index (χ2v) is 7.64. The Bertz CT molecular complexity index is 1100. The fourth-order valence-electron chi connectivity index (χ4n) is 3.71. The summed E-state index contributed by atoms with van der Waals surface area (Å²) >= 11 is 0. The van der Waals surface area contributed by atoms with Crippen molar-refractivity contribution < 1.29 is 14.3 Å². The Balaban J connectivity index is 1.35. The van der Waals surface area contributed by atoms with Gasteiger partial charge < -0.3 is 19.5 Å². The number of ether oxygens (including phenoxy) is 1. The molecule has 7 nitrogen and oxygen atoms in total. The summed E-state index contributed by atoms with van der Waals surface area (Å²) in [4.78, 5) is 31.0. The number of carbonyl (C=O) groups excluding carboxylic acids is 2. The molecule has 4 rings (SSSR count). The molecule has 7 heteroatoms. The zero-order chi connectivity index (χ0) is 22.3. The van der Waals surface area contributed by atoms with Gasteiger partial charge in [0.05, 0.1) is 13.4 Å². The van der Waals surface area contributed by atoms with E-state index in [9.17, 15) is 9.59 Å². The predicted molar refractivity (Wildman–Crippen MR) is 123 cm³/mol. The molecule has 1 aliphatic heterocycles. The average Bonchev–Trinajstić information content (AvgIpc) is 3.36. The second-order valence-electron chi connectivity index (χ2n) is 7.64. The van der Waals surface area contributed by atoms with Crippen molar-refractivity contribution in [1.82, 2.24) is 14.5 Å². The van der Waals surface area contributed by atoms with Crippen molar-refractivity contribution in [2.75, 3.05) is 25.5 Å². The predicted octanol–water partition coefficient (Wildman–Crippen LogP) is 3.85. The number of aryl methyl sites for hydroxylation is 1. The molecule has 2 heterocycles. The van der Waals surface area contributed by atoms with E-state index in [1.807, 2.05) is 39.9 Å². The molecule has 0 bridgehead atoms. The lowest BCUT2D eigenvalue weighted by Crippen LogP contribution is -2.34. The van der Waals surface area contributed by atoms with Crippen LogP contribution in [0, 0.1) is 0 Å². The van der Waals surface area contributed by atoms with Gasteiger partial charge in [0.15, 0.2) is 0 Å². The van der Waals surface area contributed by atoms with Gasteiger partial charge >= 0.3 is 0 Å². The summed E-state index contributed by atoms with van der Waals surface area (Å²) in [5.74, 6) is 0.688. The summed E-state index contributed by atoms with van der Waals surface area (Å²) in [7, 11) is 1.65. The van der Waals surface area contributed by atoms with Crippen LogP contribution >= 0.6 is 0 Å². The van der Waals surface area contributed by atoms with Crippen molar-refractivity contribution in [2.45, 2.75) is 19.4 Å². The topological polar surface area (TPSA) is 76.5 Å². The molecule has 3 aromatic rings. The van der Waals surface area contributed by atoms with Gasteiger partial charge in [-0.15, -0.1) is 0 Å². The molecule has 0 radical (unpaired) electrons. The summed E-state index contributed by atoms with van der Waals surface area (Å²) in [6.07, 6.45) is 8.41. The van der Waals surface area contributed by atoms with Gasteiger partial charge in [0.2, 0.25) is 5.91 Å². The molecule has 1 aromatic heterocycles. The Morgan fingerprint density at radius 2 is 2.00 bits per heavy atom. The zero-order valence-corrected chi connectivity index (χ0v) is 18.0. The van der Waals surface area contributed by atoms with Gasteiger partial charge in [-0.25, -0.2) is 4.98 Å². The van der Waals surface area contributed by atoms with E-state index in [0.29, 0.717) is 37.3 Å². The number of amides is 2. The van der Waals surface area contributed by atoms with E-state index >= 15 is 0 Å². The van der Waals surface area contributed by atoms with Crippen LogP contribution in [0.15, 0.2) is 73.3 Å².